The molecule has 1 unspecified atom stereocenters. The summed E-state index contributed by atoms with van der Waals surface area (Å²) in [5, 5.41) is 11.1. The van der Waals surface area contributed by atoms with Gasteiger partial charge in [0.2, 0.25) is 21.1 Å². The Balaban J connectivity index is 2.20. The van der Waals surface area contributed by atoms with Crippen LogP contribution >= 0.6 is 11.3 Å². The van der Waals surface area contributed by atoms with Gasteiger partial charge in [0.1, 0.15) is 6.04 Å². The number of carbonyl (C=O) groups is 2. The molecule has 176 valence electrons. The number of hydrogen-bond acceptors (Lipinski definition) is 7. The van der Waals surface area contributed by atoms with Crippen LogP contribution in [0.2, 0.25) is 0 Å². The molecule has 0 aliphatic carbocycles. The lowest BCUT2D eigenvalue weighted by Gasteiger charge is -2.21. The van der Waals surface area contributed by atoms with E-state index in [2.05, 4.69) is 20.8 Å². The topological polar surface area (TPSA) is 121 Å². The summed E-state index contributed by atoms with van der Waals surface area (Å²) in [6.07, 6.45) is -2.81. The van der Waals surface area contributed by atoms with E-state index in [1.165, 1.54) is 28.6 Å². The van der Waals surface area contributed by atoms with Crippen LogP contribution in [0.25, 0.3) is 0 Å². The van der Waals surface area contributed by atoms with Gasteiger partial charge in [-0.1, -0.05) is 45.1 Å². The van der Waals surface area contributed by atoms with E-state index >= 15 is 0 Å². The van der Waals surface area contributed by atoms with Gasteiger partial charge in [-0.25, -0.2) is 17.2 Å². The molecule has 2 N–H and O–H groups in total. The molecule has 0 saturated heterocycles. The number of nitrogens with one attached hydrogen (secondary N) is 2. The number of benzene rings is 1. The third kappa shape index (κ3) is 6.04. The normalized spacial score (nSPS) is 12.9. The second kappa shape index (κ2) is 10.9. The quantitative estimate of drug-likeness (QED) is 0.529. The Morgan fingerprint density at radius 1 is 1.16 bits per heavy atom. The molecule has 0 bridgehead atoms. The summed E-state index contributed by atoms with van der Waals surface area (Å²) in [6, 6.07) is 4.50. The molecule has 13 heteroatoms. The number of sulfonamides is 1. The van der Waals surface area contributed by atoms with Crippen LogP contribution in [0, 0.1) is 5.92 Å². The molecule has 0 fully saturated rings. The molecule has 1 heterocycles. The van der Waals surface area contributed by atoms with Crippen LogP contribution in [0.1, 0.15) is 49.5 Å². The van der Waals surface area contributed by atoms with E-state index in [9.17, 15) is 26.8 Å². The molecule has 2 rings (SSSR count). The summed E-state index contributed by atoms with van der Waals surface area (Å²) >= 11 is 0.537. The van der Waals surface area contributed by atoms with Gasteiger partial charge in [-0.2, -0.15) is 4.31 Å². The Labute approximate surface area is 189 Å². The monoisotopic (exact) mass is 489 g/mol. The summed E-state index contributed by atoms with van der Waals surface area (Å²) < 4.78 is 52.1. The molecule has 2 amide bonds. The van der Waals surface area contributed by atoms with Crippen molar-refractivity contribution in [1.82, 2.24) is 19.8 Å². The number of halogens is 2. The molecular formula is C19H25F2N5O4S2. The molecule has 9 nitrogen and oxygen atoms in total. The van der Waals surface area contributed by atoms with Crippen molar-refractivity contribution in [3.05, 3.63) is 34.8 Å². The minimum absolute atomic E-state index is 0.0345. The summed E-state index contributed by atoms with van der Waals surface area (Å²) in [4.78, 5) is 25.4. The SMILES string of the molecule is CCN(CC)S(=O)(=O)c1cccc(C(=O)NC(C(=O)Nc2nnc(C(F)F)s2)C(C)C)c1. The van der Waals surface area contributed by atoms with Crippen LogP contribution in [-0.2, 0) is 14.8 Å². The second-order valence-electron chi connectivity index (χ2n) is 7.05. The molecule has 32 heavy (non-hydrogen) atoms. The minimum atomic E-state index is -3.76. The molecule has 0 aliphatic heterocycles. The fourth-order valence-corrected chi connectivity index (χ4v) is 4.93. The van der Waals surface area contributed by atoms with Crippen LogP contribution in [0.4, 0.5) is 13.9 Å². The van der Waals surface area contributed by atoms with E-state index in [-0.39, 0.29) is 34.6 Å². The zero-order valence-electron chi connectivity index (χ0n) is 18.0. The molecular weight excluding hydrogens is 464 g/mol. The highest BCUT2D eigenvalue weighted by atomic mass is 32.2. The standard InChI is InChI=1S/C19H25F2N5O4S2/c1-5-26(6-2)32(29,30)13-9-7-8-12(10-13)16(27)22-14(11(3)4)17(28)23-19-25-24-18(31-19)15(20)21/h7-11,14-15H,5-6H2,1-4H3,(H,22,27)(H,23,25,28). The van der Waals surface area contributed by atoms with Crippen LogP contribution in [-0.4, -0.2) is 53.9 Å². The molecule has 2 aromatic rings. The smallest absolute Gasteiger partial charge is 0.291 e. The van der Waals surface area contributed by atoms with E-state index in [0.29, 0.717) is 11.3 Å². The van der Waals surface area contributed by atoms with Gasteiger partial charge in [-0.15, -0.1) is 10.2 Å². The highest BCUT2D eigenvalue weighted by molar-refractivity contribution is 7.89. The predicted octanol–water partition coefficient (Wildman–Crippen LogP) is 2.90. The van der Waals surface area contributed by atoms with Crippen LogP contribution in [0.3, 0.4) is 0 Å². The predicted molar refractivity (Wildman–Crippen MR) is 116 cm³/mol. The Morgan fingerprint density at radius 2 is 1.81 bits per heavy atom. The molecule has 0 saturated carbocycles. The van der Waals surface area contributed by atoms with Gasteiger partial charge >= 0.3 is 0 Å². The maximum atomic E-state index is 12.8. The number of nitrogens with zero attached hydrogens (tertiary/aromatic N) is 3. The first-order valence-corrected chi connectivity index (χ1v) is 12.1. The number of hydrogen-bond donors (Lipinski definition) is 2. The third-order valence-corrected chi connectivity index (χ3v) is 7.42. The third-order valence-electron chi connectivity index (χ3n) is 4.53. The first-order valence-electron chi connectivity index (χ1n) is 9.84. The van der Waals surface area contributed by atoms with Crippen molar-refractivity contribution < 1.29 is 26.8 Å². The lowest BCUT2D eigenvalue weighted by molar-refractivity contribution is -0.118. The fraction of sp³-hybridized carbons (Fsp3) is 0.474. The molecule has 0 aliphatic rings. The second-order valence-corrected chi connectivity index (χ2v) is 9.99. The Kier molecular flexibility index (Phi) is 8.75. The fourth-order valence-electron chi connectivity index (χ4n) is 2.83. The maximum Gasteiger partial charge on any atom is 0.291 e. The van der Waals surface area contributed by atoms with Gasteiger partial charge in [0.25, 0.3) is 12.3 Å². The van der Waals surface area contributed by atoms with Crippen molar-refractivity contribution in [1.29, 1.82) is 0 Å². The minimum Gasteiger partial charge on any atom is -0.340 e. The average Bonchev–Trinajstić information content (AvgIpc) is 3.21. The van der Waals surface area contributed by atoms with Crippen LogP contribution in [0.15, 0.2) is 29.2 Å². The Bertz CT molecular complexity index is 1060. The highest BCUT2D eigenvalue weighted by Gasteiger charge is 2.27. The summed E-state index contributed by atoms with van der Waals surface area (Å²) in [5.41, 5.74) is 0.0626. The first-order chi connectivity index (χ1) is 15.0. The van der Waals surface area contributed by atoms with Crippen molar-refractivity contribution in [2.24, 2.45) is 5.92 Å². The Hall–Kier alpha value is -2.51. The van der Waals surface area contributed by atoms with Gasteiger partial charge < -0.3 is 5.32 Å². The van der Waals surface area contributed by atoms with Gasteiger partial charge in [0.15, 0.2) is 5.01 Å². The van der Waals surface area contributed by atoms with Crippen molar-refractivity contribution in [2.45, 2.75) is 45.1 Å². The number of carbonyl (C=O) groups excluding carboxylic acids is 2. The number of anilines is 1. The van der Waals surface area contributed by atoms with Crippen molar-refractivity contribution in [3.8, 4) is 0 Å². The van der Waals surface area contributed by atoms with E-state index in [1.807, 2.05) is 0 Å². The summed E-state index contributed by atoms with van der Waals surface area (Å²) in [7, 11) is -3.76. The zero-order chi connectivity index (χ0) is 24.1. The zero-order valence-corrected chi connectivity index (χ0v) is 19.6. The number of aromatic nitrogens is 2. The van der Waals surface area contributed by atoms with Crippen LogP contribution in [0.5, 0.6) is 0 Å². The lowest BCUT2D eigenvalue weighted by Crippen LogP contribution is -2.47. The van der Waals surface area contributed by atoms with Crippen molar-refractivity contribution in [3.63, 3.8) is 0 Å². The van der Waals surface area contributed by atoms with E-state index in [1.54, 1.807) is 27.7 Å². The molecule has 0 radical (unpaired) electrons. The largest absolute Gasteiger partial charge is 0.340 e. The van der Waals surface area contributed by atoms with Crippen LogP contribution < -0.4 is 10.6 Å². The average molecular weight is 490 g/mol. The van der Waals surface area contributed by atoms with Gasteiger partial charge in [-0.05, 0) is 24.1 Å². The Morgan fingerprint density at radius 3 is 2.34 bits per heavy atom. The number of amides is 2. The molecule has 1 atom stereocenters. The van der Waals surface area contributed by atoms with Gasteiger partial charge in [0.05, 0.1) is 4.90 Å². The molecule has 0 spiro atoms. The summed E-state index contributed by atoms with van der Waals surface area (Å²) in [6.45, 7) is 7.37. The van der Waals surface area contributed by atoms with Crippen molar-refractivity contribution in [2.75, 3.05) is 18.4 Å². The number of rotatable bonds is 10. The highest BCUT2D eigenvalue weighted by Crippen LogP contribution is 2.25. The summed E-state index contributed by atoms with van der Waals surface area (Å²) in [5.74, 6) is -1.66. The van der Waals surface area contributed by atoms with Crippen molar-refractivity contribution >= 4 is 38.3 Å². The number of alkyl halides is 2. The maximum absolute atomic E-state index is 12.8. The van der Waals surface area contributed by atoms with E-state index in [0.717, 1.165) is 0 Å². The first kappa shape index (κ1) is 25.7. The van der Waals surface area contributed by atoms with E-state index < -0.39 is 39.3 Å². The lowest BCUT2D eigenvalue weighted by atomic mass is 10.0. The molecule has 1 aromatic heterocycles. The van der Waals surface area contributed by atoms with Gasteiger partial charge in [0, 0.05) is 18.7 Å². The van der Waals surface area contributed by atoms with E-state index in [4.69, 9.17) is 0 Å². The molecule has 1 aromatic carbocycles. The van der Waals surface area contributed by atoms with Gasteiger partial charge in [-0.3, -0.25) is 14.9 Å².